The van der Waals surface area contributed by atoms with Crippen LogP contribution in [0.1, 0.15) is 87.3 Å². The Balaban J connectivity index is 1.34. The number of carbonyl (C=O) groups excluding carboxylic acids is 2. The Morgan fingerprint density at radius 1 is 0.952 bits per heavy atom. The molecule has 1 aliphatic heterocycles. The Hall–Kier alpha value is -5.49. The SMILES string of the molecule is C=CCO[C@@]12Oc3ccc(OC(=O)NCC)cc3[C@H]3[C@H](CCCCO)[C@@H](CCCCO)C=C(C(=NOCc4ccccc4)C[C@@H]1N(Cc1cccc4ccccc14)C(=O)C1CC1)[C@H]32. The molecule has 0 radical (unpaired) electrons. The van der Waals surface area contributed by atoms with Crippen LogP contribution in [0.15, 0.2) is 120 Å². The van der Waals surface area contributed by atoms with Crippen molar-refractivity contribution >= 4 is 28.5 Å². The largest absolute Gasteiger partial charge is 0.459 e. The first-order valence-corrected chi connectivity index (χ1v) is 22.9. The molecule has 4 aromatic rings. The van der Waals surface area contributed by atoms with Crippen LogP contribution >= 0.6 is 0 Å². The number of hydrogen-bond donors (Lipinski definition) is 3. The third-order valence-corrected chi connectivity index (χ3v) is 13.2. The fraction of sp³-hybridized carbons (Fsp3) is 0.442. The summed E-state index contributed by atoms with van der Waals surface area (Å²) >= 11 is 0. The van der Waals surface area contributed by atoms with Crippen LogP contribution in [-0.2, 0) is 27.5 Å². The maximum Gasteiger partial charge on any atom is 0.412 e. The lowest BCUT2D eigenvalue weighted by atomic mass is 9.55. The van der Waals surface area contributed by atoms with Crippen molar-refractivity contribution in [1.82, 2.24) is 10.2 Å². The maximum absolute atomic E-state index is 15.1. The number of aliphatic hydroxyl groups excluding tert-OH is 2. The van der Waals surface area contributed by atoms with Gasteiger partial charge >= 0.3 is 6.09 Å². The number of allylic oxidation sites excluding steroid dienone is 1. The molecule has 0 aromatic heterocycles. The number of nitrogens with one attached hydrogen (secondary N) is 1. The third kappa shape index (κ3) is 9.56. The van der Waals surface area contributed by atoms with Crippen LogP contribution in [0.25, 0.3) is 10.8 Å². The summed E-state index contributed by atoms with van der Waals surface area (Å²) in [5.74, 6) is -1.15. The molecule has 6 atom stereocenters. The van der Waals surface area contributed by atoms with Gasteiger partial charge in [-0.1, -0.05) is 103 Å². The quantitative estimate of drug-likeness (QED) is 0.0455. The van der Waals surface area contributed by atoms with Gasteiger partial charge in [0.25, 0.3) is 0 Å². The second-order valence-electron chi connectivity index (χ2n) is 17.3. The van der Waals surface area contributed by atoms with Crippen LogP contribution in [0.3, 0.4) is 0 Å². The molecule has 11 nitrogen and oxygen atoms in total. The number of hydrogen-bond acceptors (Lipinski definition) is 9. The molecule has 3 aliphatic carbocycles. The number of rotatable bonds is 20. The Bertz CT molecular complexity index is 2290. The molecule has 4 aliphatic rings. The highest BCUT2D eigenvalue weighted by molar-refractivity contribution is 6.03. The zero-order valence-electron chi connectivity index (χ0n) is 36.3. The van der Waals surface area contributed by atoms with Crippen molar-refractivity contribution in [2.24, 2.45) is 28.8 Å². The van der Waals surface area contributed by atoms with Crippen LogP contribution in [0.5, 0.6) is 11.5 Å². The maximum atomic E-state index is 15.1. The fourth-order valence-corrected chi connectivity index (χ4v) is 10.3. The number of ether oxygens (including phenoxy) is 3. The van der Waals surface area contributed by atoms with Crippen molar-refractivity contribution in [1.29, 1.82) is 0 Å². The van der Waals surface area contributed by atoms with Gasteiger partial charge in [-0.2, -0.15) is 0 Å². The molecule has 8 rings (SSSR count). The predicted octanol–water partition coefficient (Wildman–Crippen LogP) is 9.22. The first-order chi connectivity index (χ1) is 30.9. The molecule has 2 fully saturated rings. The van der Waals surface area contributed by atoms with Crippen molar-refractivity contribution < 1.29 is 38.9 Å². The molecule has 0 bridgehead atoms. The standard InChI is InChI=1S/C52H61N3O8/c1-3-29-60-52-47(55(50(58)37-23-24-37)33-39-20-14-19-36-17-8-9-21-41(36)39)32-45(54-61-34-35-15-6-5-7-16-35)43-30-38(18-10-12-27-56)42(22-11-13-28-57)48(49(43)52)44-31-40(25-26-46(44)63-52)62-51(59)53-4-2/h3,5-9,14-17,19-21,25-26,30-31,37-38,42,47-49,56-57H,1,4,10-13,18,22-24,27-29,32-34H2,2H3,(H,53,59)/t38-,42+,47-,48+,49+,52+/m0/s1. The van der Waals surface area contributed by atoms with Crippen molar-refractivity contribution in [3.8, 4) is 11.5 Å². The van der Waals surface area contributed by atoms with Crippen molar-refractivity contribution in [3.05, 3.63) is 132 Å². The van der Waals surface area contributed by atoms with E-state index in [1.807, 2.05) is 72.5 Å². The Morgan fingerprint density at radius 3 is 2.48 bits per heavy atom. The zero-order valence-corrected chi connectivity index (χ0v) is 36.3. The highest BCUT2D eigenvalue weighted by Gasteiger charge is 2.66. The van der Waals surface area contributed by atoms with E-state index in [9.17, 15) is 15.0 Å². The monoisotopic (exact) mass is 855 g/mol. The van der Waals surface area contributed by atoms with Gasteiger partial charge in [-0.25, -0.2) is 4.79 Å². The number of carbonyl (C=O) groups is 2. The lowest BCUT2D eigenvalue weighted by Gasteiger charge is -2.60. The zero-order chi connectivity index (χ0) is 43.8. The summed E-state index contributed by atoms with van der Waals surface area (Å²) in [7, 11) is 0. The smallest absolute Gasteiger partial charge is 0.412 e. The molecular weight excluding hydrogens is 795 g/mol. The van der Waals surface area contributed by atoms with Crippen molar-refractivity contribution in [2.45, 2.75) is 95.6 Å². The van der Waals surface area contributed by atoms with Gasteiger partial charge < -0.3 is 39.5 Å². The normalized spacial score (nSPS) is 24.1. The average Bonchev–Trinajstić information content (AvgIpc) is 4.16. The van der Waals surface area contributed by atoms with Crippen LogP contribution in [0.4, 0.5) is 4.79 Å². The van der Waals surface area contributed by atoms with Crippen LogP contribution < -0.4 is 14.8 Å². The number of benzene rings is 4. The summed E-state index contributed by atoms with van der Waals surface area (Å²) < 4.78 is 20.5. The Labute approximate surface area is 370 Å². The predicted molar refractivity (Wildman–Crippen MR) is 243 cm³/mol. The number of unbranched alkanes of at least 4 members (excludes halogenated alkanes) is 2. The topological polar surface area (TPSA) is 139 Å². The lowest BCUT2D eigenvalue weighted by Crippen LogP contribution is -2.70. The molecule has 332 valence electrons. The van der Waals surface area contributed by atoms with Crippen LogP contribution in [0.2, 0.25) is 0 Å². The molecule has 2 amide bonds. The van der Waals surface area contributed by atoms with Crippen molar-refractivity contribution in [2.75, 3.05) is 26.4 Å². The van der Waals surface area contributed by atoms with E-state index in [0.29, 0.717) is 43.9 Å². The van der Waals surface area contributed by atoms with E-state index < -0.39 is 23.8 Å². The summed E-state index contributed by atoms with van der Waals surface area (Å²) in [6, 6.07) is 29.3. The second kappa shape index (κ2) is 20.3. The van der Waals surface area contributed by atoms with Gasteiger partial charge in [-0.15, -0.1) is 6.58 Å². The number of nitrogens with zero attached hydrogens (tertiary/aromatic N) is 2. The number of aliphatic hydroxyl groups is 2. The first kappa shape index (κ1) is 44.1. The average molecular weight is 856 g/mol. The molecule has 4 aromatic carbocycles. The van der Waals surface area contributed by atoms with Crippen molar-refractivity contribution in [3.63, 3.8) is 0 Å². The summed E-state index contributed by atoms with van der Waals surface area (Å²) in [6.45, 7) is 7.27. The summed E-state index contributed by atoms with van der Waals surface area (Å²) in [6.07, 6.45) is 9.98. The number of oxime groups is 1. The first-order valence-electron chi connectivity index (χ1n) is 22.9. The van der Waals surface area contributed by atoms with E-state index in [2.05, 4.69) is 42.2 Å². The Morgan fingerprint density at radius 2 is 1.71 bits per heavy atom. The number of amides is 2. The van der Waals surface area contributed by atoms with Crippen LogP contribution in [-0.4, -0.2) is 71.0 Å². The van der Waals surface area contributed by atoms with Crippen LogP contribution in [0, 0.1) is 23.7 Å². The number of fused-ring (bicyclic) bond motifs is 3. The molecule has 2 saturated carbocycles. The summed E-state index contributed by atoms with van der Waals surface area (Å²) in [5.41, 5.74) is 4.57. The lowest BCUT2D eigenvalue weighted by molar-refractivity contribution is -0.258. The highest BCUT2D eigenvalue weighted by atomic mass is 16.7. The highest BCUT2D eigenvalue weighted by Crippen LogP contribution is 2.62. The van der Waals surface area contributed by atoms with E-state index in [-0.39, 0.29) is 56.0 Å². The van der Waals surface area contributed by atoms with Gasteiger partial charge in [-0.05, 0) is 103 Å². The van der Waals surface area contributed by atoms with Gasteiger partial charge in [-0.3, -0.25) is 4.79 Å². The fourth-order valence-electron chi connectivity index (χ4n) is 10.3. The van der Waals surface area contributed by atoms with Gasteiger partial charge in [0.1, 0.15) is 24.1 Å². The van der Waals surface area contributed by atoms with Gasteiger partial charge in [0, 0.05) is 50.1 Å². The molecule has 11 heteroatoms. The molecule has 63 heavy (non-hydrogen) atoms. The third-order valence-electron chi connectivity index (χ3n) is 13.2. The Kier molecular flexibility index (Phi) is 14.3. The molecule has 0 spiro atoms. The molecule has 0 saturated heterocycles. The minimum atomic E-state index is -1.40. The van der Waals surface area contributed by atoms with E-state index in [4.69, 9.17) is 24.2 Å². The van der Waals surface area contributed by atoms with E-state index >= 15 is 4.79 Å². The van der Waals surface area contributed by atoms with E-state index in [1.165, 1.54) is 0 Å². The molecular formula is C52H61N3O8. The van der Waals surface area contributed by atoms with E-state index in [1.54, 1.807) is 12.1 Å². The minimum absolute atomic E-state index is 0.0222. The second-order valence-corrected chi connectivity index (χ2v) is 17.3. The molecule has 1 heterocycles. The van der Waals surface area contributed by atoms with Gasteiger partial charge in [0.2, 0.25) is 11.7 Å². The van der Waals surface area contributed by atoms with Gasteiger partial charge in [0.15, 0.2) is 0 Å². The van der Waals surface area contributed by atoms with Gasteiger partial charge in [0.05, 0.1) is 18.2 Å². The molecule has 0 unspecified atom stereocenters. The van der Waals surface area contributed by atoms with E-state index in [0.717, 1.165) is 77.3 Å². The molecule has 3 N–H and O–H groups in total. The minimum Gasteiger partial charge on any atom is -0.459 e. The summed E-state index contributed by atoms with van der Waals surface area (Å²) in [5, 5.41) is 29.9. The summed E-state index contributed by atoms with van der Waals surface area (Å²) in [4.78, 5) is 36.2.